The summed E-state index contributed by atoms with van der Waals surface area (Å²) in [5.74, 6) is -0.407. The molecule has 0 heterocycles. The molecule has 2 rings (SSSR count). The topological polar surface area (TPSA) is 81.5 Å². The van der Waals surface area contributed by atoms with Gasteiger partial charge < -0.3 is 10.1 Å². The first-order valence-corrected chi connectivity index (χ1v) is 9.07. The summed E-state index contributed by atoms with van der Waals surface area (Å²) in [4.78, 5) is 24.2. The molecule has 0 bridgehead atoms. The summed E-state index contributed by atoms with van der Waals surface area (Å²) in [6.07, 6.45) is 1.02. The van der Waals surface area contributed by atoms with E-state index in [0.717, 1.165) is 11.0 Å². The number of thioether (sulfide) groups is 1. The predicted molar refractivity (Wildman–Crippen MR) is 99.7 cm³/mol. The van der Waals surface area contributed by atoms with E-state index >= 15 is 0 Å². The van der Waals surface area contributed by atoms with Crippen LogP contribution in [0.3, 0.4) is 0 Å². The fraction of sp³-hybridized carbons (Fsp3) is 0.235. The van der Waals surface area contributed by atoms with Crippen molar-refractivity contribution in [2.75, 3.05) is 18.2 Å². The third-order valence-corrected chi connectivity index (χ3v) is 4.45. The van der Waals surface area contributed by atoms with Crippen LogP contribution in [0.15, 0.2) is 47.4 Å². The van der Waals surface area contributed by atoms with E-state index in [1.807, 2.05) is 30.5 Å². The number of nitro groups is 1. The molecule has 1 atom stereocenters. The van der Waals surface area contributed by atoms with Crippen LogP contribution in [-0.4, -0.2) is 29.8 Å². The maximum atomic E-state index is 12.7. The van der Waals surface area contributed by atoms with Crippen LogP contribution >= 0.6 is 23.4 Å². The highest BCUT2D eigenvalue weighted by molar-refractivity contribution is 7.98. The molecule has 1 N–H and O–H groups in total. The van der Waals surface area contributed by atoms with Crippen molar-refractivity contribution >= 4 is 40.5 Å². The molecule has 0 spiro atoms. The monoisotopic (exact) mass is 380 g/mol. The molecule has 0 aromatic heterocycles. The van der Waals surface area contributed by atoms with Crippen molar-refractivity contribution in [3.8, 4) is 0 Å². The Kier molecular flexibility index (Phi) is 6.81. The van der Waals surface area contributed by atoms with Crippen LogP contribution < -0.4 is 5.32 Å². The second-order valence-corrected chi connectivity index (χ2v) is 6.28. The lowest BCUT2D eigenvalue weighted by Crippen LogP contribution is -2.32. The average molecular weight is 381 g/mol. The molecule has 0 aliphatic rings. The molecule has 2 aromatic rings. The molecule has 0 radical (unpaired) electrons. The van der Waals surface area contributed by atoms with Crippen LogP contribution in [0, 0.1) is 10.1 Å². The van der Waals surface area contributed by atoms with Crippen LogP contribution in [0.4, 0.5) is 11.4 Å². The van der Waals surface area contributed by atoms with Gasteiger partial charge >= 0.3 is 0 Å². The Labute approximate surface area is 154 Å². The standard InChI is InChI=1S/C17H17ClN2O4S/c1-3-24-17(19-12-5-7-13(25-2)8-6-12)16(21)11-4-9-14(18)15(10-11)20(22)23/h4-10,17,19H,3H2,1-2H3. The van der Waals surface area contributed by atoms with Crippen molar-refractivity contribution in [3.05, 3.63) is 63.2 Å². The normalized spacial score (nSPS) is 11.8. The Morgan fingerprint density at radius 2 is 2.00 bits per heavy atom. The number of ether oxygens (including phenoxy) is 1. The van der Waals surface area contributed by atoms with Crippen molar-refractivity contribution < 1.29 is 14.5 Å². The summed E-state index contributed by atoms with van der Waals surface area (Å²) in [6, 6.07) is 11.5. The first kappa shape index (κ1) is 19.2. The molecular formula is C17H17ClN2O4S. The minimum absolute atomic E-state index is 0.0184. The fourth-order valence-electron chi connectivity index (χ4n) is 2.15. The molecule has 8 heteroatoms. The number of nitrogens with one attached hydrogen (secondary N) is 1. The molecule has 0 saturated carbocycles. The van der Waals surface area contributed by atoms with E-state index in [1.54, 1.807) is 18.7 Å². The molecule has 2 aromatic carbocycles. The van der Waals surface area contributed by atoms with Gasteiger partial charge in [-0.3, -0.25) is 14.9 Å². The predicted octanol–water partition coefficient (Wildman–Crippen LogP) is 4.63. The Balaban J connectivity index is 2.25. The Morgan fingerprint density at radius 3 is 2.56 bits per heavy atom. The molecule has 25 heavy (non-hydrogen) atoms. The number of ketones is 1. The summed E-state index contributed by atoms with van der Waals surface area (Å²) in [5, 5.41) is 14.0. The molecule has 0 fully saturated rings. The van der Waals surface area contributed by atoms with Gasteiger partial charge in [0, 0.05) is 28.8 Å². The van der Waals surface area contributed by atoms with Gasteiger partial charge in [0.2, 0.25) is 5.78 Å². The number of rotatable bonds is 8. The Morgan fingerprint density at radius 1 is 1.32 bits per heavy atom. The lowest BCUT2D eigenvalue weighted by atomic mass is 10.1. The van der Waals surface area contributed by atoms with E-state index in [1.165, 1.54) is 12.1 Å². The number of nitro benzene ring substituents is 1. The summed E-state index contributed by atoms with van der Waals surface area (Å²) >= 11 is 7.41. The van der Waals surface area contributed by atoms with Crippen molar-refractivity contribution in [3.63, 3.8) is 0 Å². The Bertz CT molecular complexity index is 768. The highest BCUT2D eigenvalue weighted by Crippen LogP contribution is 2.26. The smallest absolute Gasteiger partial charge is 0.288 e. The van der Waals surface area contributed by atoms with E-state index in [-0.39, 0.29) is 16.3 Å². The molecule has 0 aliphatic carbocycles. The van der Waals surface area contributed by atoms with Crippen molar-refractivity contribution in [1.82, 2.24) is 0 Å². The van der Waals surface area contributed by atoms with Crippen LogP contribution in [0.2, 0.25) is 5.02 Å². The zero-order valence-electron chi connectivity index (χ0n) is 13.7. The lowest BCUT2D eigenvalue weighted by Gasteiger charge is -2.19. The van der Waals surface area contributed by atoms with E-state index in [9.17, 15) is 14.9 Å². The second kappa shape index (κ2) is 8.84. The second-order valence-electron chi connectivity index (χ2n) is 5.00. The van der Waals surface area contributed by atoms with E-state index in [2.05, 4.69) is 5.32 Å². The number of nitrogens with zero attached hydrogens (tertiary/aromatic N) is 1. The number of hydrogen-bond acceptors (Lipinski definition) is 6. The maximum absolute atomic E-state index is 12.7. The fourth-order valence-corrected chi connectivity index (χ4v) is 2.74. The largest absolute Gasteiger partial charge is 0.354 e. The third-order valence-electron chi connectivity index (χ3n) is 3.39. The van der Waals surface area contributed by atoms with Crippen LogP contribution in [0.25, 0.3) is 0 Å². The van der Waals surface area contributed by atoms with E-state index in [0.29, 0.717) is 12.3 Å². The van der Waals surface area contributed by atoms with E-state index in [4.69, 9.17) is 16.3 Å². The van der Waals surface area contributed by atoms with Gasteiger partial charge in [-0.05, 0) is 49.6 Å². The molecule has 132 valence electrons. The number of hydrogen-bond donors (Lipinski definition) is 1. The molecule has 0 aliphatic heterocycles. The van der Waals surface area contributed by atoms with Crippen molar-refractivity contribution in [1.29, 1.82) is 0 Å². The maximum Gasteiger partial charge on any atom is 0.288 e. The first-order valence-electron chi connectivity index (χ1n) is 7.46. The van der Waals surface area contributed by atoms with Gasteiger partial charge in [-0.2, -0.15) is 0 Å². The molecule has 0 saturated heterocycles. The average Bonchev–Trinajstić information content (AvgIpc) is 2.61. The SMILES string of the molecule is CCOC(Nc1ccc(SC)cc1)C(=O)c1ccc(Cl)c([N+](=O)[O-])c1. The summed E-state index contributed by atoms with van der Waals surface area (Å²) in [6.45, 7) is 2.07. The zero-order valence-corrected chi connectivity index (χ0v) is 15.3. The van der Waals surface area contributed by atoms with Gasteiger partial charge in [-0.1, -0.05) is 11.6 Å². The summed E-state index contributed by atoms with van der Waals surface area (Å²) in [5.41, 5.74) is 0.558. The molecular weight excluding hydrogens is 364 g/mol. The highest BCUT2D eigenvalue weighted by Gasteiger charge is 2.23. The van der Waals surface area contributed by atoms with Crippen LogP contribution in [-0.2, 0) is 4.74 Å². The molecule has 6 nitrogen and oxygen atoms in total. The van der Waals surface area contributed by atoms with Gasteiger partial charge in [-0.25, -0.2) is 0 Å². The number of carbonyl (C=O) groups excluding carboxylic acids is 1. The Hall–Kier alpha value is -2.09. The minimum Gasteiger partial charge on any atom is -0.354 e. The van der Waals surface area contributed by atoms with Crippen molar-refractivity contribution in [2.24, 2.45) is 0 Å². The third kappa shape index (κ3) is 4.94. The van der Waals surface area contributed by atoms with Crippen LogP contribution in [0.5, 0.6) is 0 Å². The summed E-state index contributed by atoms with van der Waals surface area (Å²) < 4.78 is 5.48. The van der Waals surface area contributed by atoms with E-state index < -0.39 is 16.9 Å². The number of Topliss-reactive ketones (excluding diaryl/α,β-unsaturated/α-hetero) is 1. The highest BCUT2D eigenvalue weighted by atomic mass is 35.5. The summed E-state index contributed by atoms with van der Waals surface area (Å²) in [7, 11) is 0. The number of anilines is 1. The quantitative estimate of drug-likeness (QED) is 0.236. The first-order chi connectivity index (χ1) is 12.0. The van der Waals surface area contributed by atoms with Gasteiger partial charge in [0.15, 0.2) is 6.23 Å². The van der Waals surface area contributed by atoms with Gasteiger partial charge in [0.05, 0.1) is 4.92 Å². The van der Waals surface area contributed by atoms with Gasteiger partial charge in [0.25, 0.3) is 5.69 Å². The van der Waals surface area contributed by atoms with Gasteiger partial charge in [0.1, 0.15) is 5.02 Å². The number of benzene rings is 2. The number of carbonyl (C=O) groups is 1. The van der Waals surface area contributed by atoms with Crippen LogP contribution in [0.1, 0.15) is 17.3 Å². The molecule has 1 unspecified atom stereocenters. The minimum atomic E-state index is -0.953. The molecule has 0 amide bonds. The zero-order chi connectivity index (χ0) is 18.4. The van der Waals surface area contributed by atoms with Gasteiger partial charge in [-0.15, -0.1) is 11.8 Å². The number of halogens is 1. The van der Waals surface area contributed by atoms with Crippen molar-refractivity contribution in [2.45, 2.75) is 18.0 Å². The lowest BCUT2D eigenvalue weighted by molar-refractivity contribution is -0.384.